The van der Waals surface area contributed by atoms with Crippen LogP contribution in [0.1, 0.15) is 9.67 Å². The Hall–Kier alpha value is -1.13. The second-order valence-corrected chi connectivity index (χ2v) is 4.24. The Balaban J connectivity index is 2.76. The third-order valence-electron chi connectivity index (χ3n) is 1.76. The van der Waals surface area contributed by atoms with Crippen LogP contribution in [0.25, 0.3) is 10.1 Å². The number of rotatable bonds is 1. The van der Waals surface area contributed by atoms with Gasteiger partial charge in [-0.2, -0.15) is 0 Å². The molecule has 0 atom stereocenters. The molecule has 0 unspecified atom stereocenters. The maximum atomic E-state index is 13.3. The number of carbonyl (C=O) groups is 1. The zero-order chi connectivity index (χ0) is 10.3. The van der Waals surface area contributed by atoms with Crippen molar-refractivity contribution in [2.45, 2.75) is 0 Å². The third kappa shape index (κ3) is 1.47. The van der Waals surface area contributed by atoms with Crippen molar-refractivity contribution in [1.29, 1.82) is 0 Å². The summed E-state index contributed by atoms with van der Waals surface area (Å²) in [5.41, 5.74) is 0. The van der Waals surface area contributed by atoms with E-state index in [0.29, 0.717) is 10.1 Å². The van der Waals surface area contributed by atoms with Gasteiger partial charge in [-0.15, -0.1) is 11.3 Å². The Morgan fingerprint density at radius 1 is 1.43 bits per heavy atom. The van der Waals surface area contributed by atoms with Crippen molar-refractivity contribution in [3.63, 3.8) is 0 Å². The van der Waals surface area contributed by atoms with Crippen LogP contribution in [0.5, 0.6) is 0 Å². The lowest BCUT2D eigenvalue weighted by Gasteiger charge is -1.92. The number of carboxylic acids is 1. The zero-order valence-corrected chi connectivity index (χ0v) is 8.32. The van der Waals surface area contributed by atoms with Crippen LogP contribution in [0, 0.1) is 5.82 Å². The molecular formula is C9H4ClFO2S. The lowest BCUT2D eigenvalue weighted by Crippen LogP contribution is -1.89. The molecule has 0 saturated heterocycles. The van der Waals surface area contributed by atoms with Crippen LogP contribution in [-0.2, 0) is 0 Å². The lowest BCUT2D eigenvalue weighted by molar-refractivity contribution is 0.0702. The zero-order valence-electron chi connectivity index (χ0n) is 6.75. The van der Waals surface area contributed by atoms with E-state index in [0.717, 1.165) is 11.3 Å². The average Bonchev–Trinajstić information content (AvgIpc) is 2.47. The van der Waals surface area contributed by atoms with Gasteiger partial charge in [0.1, 0.15) is 10.7 Å². The molecule has 1 aromatic carbocycles. The standard InChI is InChI=1S/C9H4ClFO2S/c10-4-1-6(11)5-3-8(9(12)13)14-7(5)2-4/h1-3H,(H,12,13). The van der Waals surface area contributed by atoms with Gasteiger partial charge in [-0.1, -0.05) is 11.6 Å². The minimum atomic E-state index is -1.05. The van der Waals surface area contributed by atoms with E-state index in [1.54, 1.807) is 6.07 Å². The Kier molecular flexibility index (Phi) is 2.17. The van der Waals surface area contributed by atoms with E-state index in [4.69, 9.17) is 16.7 Å². The summed E-state index contributed by atoms with van der Waals surface area (Å²) in [7, 11) is 0. The minimum Gasteiger partial charge on any atom is -0.477 e. The molecule has 2 nitrogen and oxygen atoms in total. The molecule has 1 heterocycles. The highest BCUT2D eigenvalue weighted by Crippen LogP contribution is 2.30. The van der Waals surface area contributed by atoms with E-state index in [2.05, 4.69) is 0 Å². The number of hydrogen-bond donors (Lipinski definition) is 1. The minimum absolute atomic E-state index is 0.112. The smallest absolute Gasteiger partial charge is 0.345 e. The summed E-state index contributed by atoms with van der Waals surface area (Å²) in [5.74, 6) is -1.54. The Labute approximate surface area is 87.5 Å². The van der Waals surface area contributed by atoms with Crippen molar-refractivity contribution in [3.8, 4) is 0 Å². The van der Waals surface area contributed by atoms with E-state index in [-0.39, 0.29) is 9.90 Å². The number of hydrogen-bond acceptors (Lipinski definition) is 2. The van der Waals surface area contributed by atoms with Crippen molar-refractivity contribution in [2.75, 3.05) is 0 Å². The molecule has 0 amide bonds. The van der Waals surface area contributed by atoms with Crippen LogP contribution >= 0.6 is 22.9 Å². The predicted molar refractivity (Wildman–Crippen MR) is 53.8 cm³/mol. The summed E-state index contributed by atoms with van der Waals surface area (Å²) in [6, 6.07) is 4.04. The molecule has 1 N–H and O–H groups in total. The van der Waals surface area contributed by atoms with Crippen LogP contribution in [0.2, 0.25) is 5.02 Å². The summed E-state index contributed by atoms with van der Waals surface area (Å²) in [6.45, 7) is 0. The maximum Gasteiger partial charge on any atom is 0.345 e. The molecule has 14 heavy (non-hydrogen) atoms. The monoisotopic (exact) mass is 230 g/mol. The molecule has 0 radical (unpaired) electrons. The van der Waals surface area contributed by atoms with Crippen LogP contribution in [-0.4, -0.2) is 11.1 Å². The van der Waals surface area contributed by atoms with Crippen molar-refractivity contribution in [3.05, 3.63) is 33.9 Å². The van der Waals surface area contributed by atoms with Gasteiger partial charge < -0.3 is 5.11 Å². The van der Waals surface area contributed by atoms with E-state index in [9.17, 15) is 9.18 Å². The fourth-order valence-corrected chi connectivity index (χ4v) is 2.39. The topological polar surface area (TPSA) is 37.3 Å². The van der Waals surface area contributed by atoms with Gasteiger partial charge >= 0.3 is 5.97 Å². The number of aromatic carboxylic acids is 1. The number of thiophene rings is 1. The predicted octanol–water partition coefficient (Wildman–Crippen LogP) is 3.39. The van der Waals surface area contributed by atoms with E-state index in [1.807, 2.05) is 0 Å². The summed E-state index contributed by atoms with van der Waals surface area (Å²) >= 11 is 6.64. The van der Waals surface area contributed by atoms with Crippen LogP contribution < -0.4 is 0 Å². The molecule has 5 heteroatoms. The van der Waals surface area contributed by atoms with Gasteiger partial charge in [0.25, 0.3) is 0 Å². The first-order valence-corrected chi connectivity index (χ1v) is 4.89. The Bertz CT molecular complexity index is 521. The molecule has 1 aromatic heterocycles. The molecule has 0 aliphatic heterocycles. The molecule has 2 aromatic rings. The van der Waals surface area contributed by atoms with E-state index >= 15 is 0 Å². The van der Waals surface area contributed by atoms with Gasteiger partial charge in [-0.05, 0) is 18.2 Å². The molecule has 72 valence electrons. The second kappa shape index (κ2) is 3.22. The summed E-state index contributed by atoms with van der Waals surface area (Å²) in [6.07, 6.45) is 0. The van der Waals surface area contributed by atoms with Gasteiger partial charge in [-0.25, -0.2) is 9.18 Å². The summed E-state index contributed by atoms with van der Waals surface area (Å²) < 4.78 is 13.8. The van der Waals surface area contributed by atoms with Crippen LogP contribution in [0.3, 0.4) is 0 Å². The molecular weight excluding hydrogens is 227 g/mol. The highest BCUT2D eigenvalue weighted by Gasteiger charge is 2.11. The molecule has 2 rings (SSSR count). The first-order valence-electron chi connectivity index (χ1n) is 3.70. The number of carboxylic acid groups (broad SMARTS) is 1. The largest absolute Gasteiger partial charge is 0.477 e. The lowest BCUT2D eigenvalue weighted by atomic mass is 10.2. The van der Waals surface area contributed by atoms with E-state index in [1.165, 1.54) is 12.1 Å². The van der Waals surface area contributed by atoms with Gasteiger partial charge in [0.2, 0.25) is 0 Å². The number of fused-ring (bicyclic) bond motifs is 1. The number of benzene rings is 1. The fourth-order valence-electron chi connectivity index (χ4n) is 1.17. The van der Waals surface area contributed by atoms with E-state index < -0.39 is 11.8 Å². The first kappa shape index (κ1) is 9.43. The quantitative estimate of drug-likeness (QED) is 0.815. The Morgan fingerprint density at radius 2 is 2.14 bits per heavy atom. The highest BCUT2D eigenvalue weighted by atomic mass is 35.5. The van der Waals surface area contributed by atoms with Crippen molar-refractivity contribution in [2.24, 2.45) is 0 Å². The molecule has 0 aliphatic rings. The maximum absolute atomic E-state index is 13.3. The second-order valence-electron chi connectivity index (χ2n) is 2.72. The molecule has 0 aliphatic carbocycles. The van der Waals surface area contributed by atoms with Gasteiger partial charge in [-0.3, -0.25) is 0 Å². The van der Waals surface area contributed by atoms with Crippen molar-refractivity contribution >= 4 is 39.0 Å². The van der Waals surface area contributed by atoms with Crippen LogP contribution in [0.15, 0.2) is 18.2 Å². The SMILES string of the molecule is O=C(O)c1cc2c(F)cc(Cl)cc2s1. The Morgan fingerprint density at radius 3 is 2.79 bits per heavy atom. The highest BCUT2D eigenvalue weighted by molar-refractivity contribution is 7.20. The average molecular weight is 231 g/mol. The molecule has 0 fully saturated rings. The van der Waals surface area contributed by atoms with Gasteiger partial charge in [0, 0.05) is 15.1 Å². The summed E-state index contributed by atoms with van der Waals surface area (Å²) in [4.78, 5) is 10.7. The van der Waals surface area contributed by atoms with Crippen LogP contribution in [0.4, 0.5) is 4.39 Å². The van der Waals surface area contributed by atoms with Gasteiger partial charge in [0.15, 0.2) is 0 Å². The van der Waals surface area contributed by atoms with Crippen molar-refractivity contribution in [1.82, 2.24) is 0 Å². The summed E-state index contributed by atoms with van der Waals surface area (Å²) in [5, 5.41) is 9.28. The molecule has 0 spiro atoms. The normalized spacial score (nSPS) is 10.7. The molecule has 0 bridgehead atoms. The number of halogens is 2. The third-order valence-corrected chi connectivity index (χ3v) is 3.05. The van der Waals surface area contributed by atoms with Gasteiger partial charge in [0.05, 0.1) is 0 Å². The first-order chi connectivity index (χ1) is 6.58. The fraction of sp³-hybridized carbons (Fsp3) is 0. The van der Waals surface area contributed by atoms with Crippen molar-refractivity contribution < 1.29 is 14.3 Å². The molecule has 0 saturated carbocycles.